The number of aliphatic hydroxyl groups is 1. The highest BCUT2D eigenvalue weighted by atomic mass is 79.9. The molecular weight excluding hydrogens is 256 g/mol. The van der Waals surface area contributed by atoms with E-state index >= 15 is 0 Å². The van der Waals surface area contributed by atoms with Crippen LogP contribution in [0.2, 0.25) is 0 Å². The van der Waals surface area contributed by atoms with E-state index in [0.717, 1.165) is 28.8 Å². The number of aliphatic hydroxyl groups excluding tert-OH is 1. The van der Waals surface area contributed by atoms with Crippen molar-refractivity contribution in [3.05, 3.63) is 28.2 Å². The minimum absolute atomic E-state index is 0.0598. The van der Waals surface area contributed by atoms with Gasteiger partial charge in [-0.05, 0) is 39.5 Å². The van der Waals surface area contributed by atoms with E-state index in [-0.39, 0.29) is 6.61 Å². The Hall–Kier alpha value is -0.540. The summed E-state index contributed by atoms with van der Waals surface area (Å²) in [5.41, 5.74) is 0.887. The maximum absolute atomic E-state index is 8.95. The van der Waals surface area contributed by atoms with Crippen LogP contribution < -0.4 is 4.74 Å². The predicted octanol–water partition coefficient (Wildman–Crippen LogP) is 3.37. The van der Waals surface area contributed by atoms with Crippen molar-refractivity contribution in [2.45, 2.75) is 26.9 Å². The van der Waals surface area contributed by atoms with Crippen LogP contribution in [0.15, 0.2) is 22.7 Å². The van der Waals surface area contributed by atoms with Crippen molar-refractivity contribution in [1.82, 2.24) is 0 Å². The van der Waals surface area contributed by atoms with Crippen LogP contribution >= 0.6 is 15.9 Å². The molecule has 0 amide bonds. The van der Waals surface area contributed by atoms with Crippen molar-refractivity contribution in [2.75, 3.05) is 6.61 Å². The standard InChI is InChI=1S/C12H17BrO2/c1-3-9(2)8-15-12-5-4-10(7-14)6-11(12)13/h4-6,9,14H,3,7-8H2,1-2H3. The van der Waals surface area contributed by atoms with E-state index < -0.39 is 0 Å². The zero-order valence-corrected chi connectivity index (χ0v) is 10.8. The average molecular weight is 273 g/mol. The third kappa shape index (κ3) is 3.84. The Labute approximate surface area is 99.4 Å². The Bertz CT molecular complexity index is 312. The summed E-state index contributed by atoms with van der Waals surface area (Å²) in [5, 5.41) is 8.95. The molecule has 0 heterocycles. The molecule has 0 radical (unpaired) electrons. The van der Waals surface area contributed by atoms with E-state index in [1.807, 2.05) is 18.2 Å². The van der Waals surface area contributed by atoms with Gasteiger partial charge in [-0.2, -0.15) is 0 Å². The molecule has 0 aliphatic rings. The molecule has 0 saturated heterocycles. The summed E-state index contributed by atoms with van der Waals surface area (Å²) in [6.45, 7) is 5.10. The molecule has 0 aliphatic heterocycles. The summed E-state index contributed by atoms with van der Waals surface area (Å²) in [4.78, 5) is 0. The largest absolute Gasteiger partial charge is 0.492 e. The highest BCUT2D eigenvalue weighted by molar-refractivity contribution is 9.10. The number of hydrogen-bond donors (Lipinski definition) is 1. The van der Waals surface area contributed by atoms with E-state index in [1.54, 1.807) is 0 Å². The van der Waals surface area contributed by atoms with Crippen molar-refractivity contribution in [1.29, 1.82) is 0 Å². The van der Waals surface area contributed by atoms with Gasteiger partial charge in [0.1, 0.15) is 5.75 Å². The molecule has 84 valence electrons. The van der Waals surface area contributed by atoms with Gasteiger partial charge in [0.25, 0.3) is 0 Å². The average Bonchev–Trinajstić information content (AvgIpc) is 2.26. The Morgan fingerprint density at radius 3 is 2.73 bits per heavy atom. The van der Waals surface area contributed by atoms with E-state index in [9.17, 15) is 0 Å². The monoisotopic (exact) mass is 272 g/mol. The first-order valence-electron chi connectivity index (χ1n) is 5.19. The molecule has 0 fully saturated rings. The second-order valence-electron chi connectivity index (χ2n) is 3.75. The molecule has 1 N–H and O–H groups in total. The lowest BCUT2D eigenvalue weighted by Gasteiger charge is -2.12. The fourth-order valence-corrected chi connectivity index (χ4v) is 1.65. The first-order chi connectivity index (χ1) is 7.17. The molecule has 1 unspecified atom stereocenters. The molecule has 0 spiro atoms. The quantitative estimate of drug-likeness (QED) is 0.891. The van der Waals surface area contributed by atoms with Crippen molar-refractivity contribution < 1.29 is 9.84 Å². The molecule has 0 aromatic heterocycles. The Balaban J connectivity index is 2.62. The number of hydrogen-bond acceptors (Lipinski definition) is 2. The molecule has 0 saturated carbocycles. The number of rotatable bonds is 5. The summed E-state index contributed by atoms with van der Waals surface area (Å²) in [7, 11) is 0. The number of halogens is 1. The first kappa shape index (κ1) is 12.5. The van der Waals surface area contributed by atoms with Crippen LogP contribution in [0.3, 0.4) is 0 Å². The summed E-state index contributed by atoms with van der Waals surface area (Å²) >= 11 is 3.42. The summed E-state index contributed by atoms with van der Waals surface area (Å²) in [6.07, 6.45) is 1.12. The normalized spacial score (nSPS) is 12.5. The summed E-state index contributed by atoms with van der Waals surface area (Å²) < 4.78 is 6.56. The second kappa shape index (κ2) is 6.13. The highest BCUT2D eigenvalue weighted by Crippen LogP contribution is 2.26. The molecule has 1 rings (SSSR count). The van der Waals surface area contributed by atoms with Gasteiger partial charge in [-0.3, -0.25) is 0 Å². The third-order valence-corrected chi connectivity index (χ3v) is 3.02. The zero-order chi connectivity index (χ0) is 11.3. The van der Waals surface area contributed by atoms with Gasteiger partial charge >= 0.3 is 0 Å². The van der Waals surface area contributed by atoms with Gasteiger partial charge < -0.3 is 9.84 Å². The molecule has 0 bridgehead atoms. The van der Waals surface area contributed by atoms with Crippen molar-refractivity contribution in [2.24, 2.45) is 5.92 Å². The lowest BCUT2D eigenvalue weighted by molar-refractivity contribution is 0.254. The van der Waals surface area contributed by atoms with Gasteiger partial charge in [-0.15, -0.1) is 0 Å². The molecule has 1 aromatic rings. The number of ether oxygens (including phenoxy) is 1. The van der Waals surface area contributed by atoms with Crippen LogP contribution in [-0.4, -0.2) is 11.7 Å². The van der Waals surface area contributed by atoms with Crippen molar-refractivity contribution in [3.63, 3.8) is 0 Å². The van der Waals surface area contributed by atoms with Gasteiger partial charge in [-0.25, -0.2) is 0 Å². The minimum atomic E-state index is 0.0598. The Morgan fingerprint density at radius 2 is 2.20 bits per heavy atom. The maximum atomic E-state index is 8.95. The van der Waals surface area contributed by atoms with Gasteiger partial charge in [0.2, 0.25) is 0 Å². The minimum Gasteiger partial charge on any atom is -0.492 e. The van der Waals surface area contributed by atoms with Crippen LogP contribution in [0.25, 0.3) is 0 Å². The van der Waals surface area contributed by atoms with Crippen LogP contribution in [0.5, 0.6) is 5.75 Å². The van der Waals surface area contributed by atoms with Crippen LogP contribution in [0.4, 0.5) is 0 Å². The Kier molecular flexibility index (Phi) is 5.12. The van der Waals surface area contributed by atoms with Crippen LogP contribution in [-0.2, 0) is 6.61 Å². The molecule has 2 nitrogen and oxygen atoms in total. The molecule has 3 heteroatoms. The second-order valence-corrected chi connectivity index (χ2v) is 4.60. The van der Waals surface area contributed by atoms with E-state index in [4.69, 9.17) is 9.84 Å². The molecule has 1 atom stereocenters. The van der Waals surface area contributed by atoms with Gasteiger partial charge in [0, 0.05) is 0 Å². The van der Waals surface area contributed by atoms with Gasteiger partial charge in [0.05, 0.1) is 17.7 Å². The van der Waals surface area contributed by atoms with Gasteiger partial charge in [0.15, 0.2) is 0 Å². The molecular formula is C12H17BrO2. The summed E-state index contributed by atoms with van der Waals surface area (Å²) in [6, 6.07) is 5.64. The SMILES string of the molecule is CCC(C)COc1ccc(CO)cc1Br. The van der Waals surface area contributed by atoms with Crippen LogP contribution in [0, 0.1) is 5.92 Å². The first-order valence-corrected chi connectivity index (χ1v) is 5.98. The molecule has 0 aliphatic carbocycles. The highest BCUT2D eigenvalue weighted by Gasteiger charge is 2.04. The number of benzene rings is 1. The topological polar surface area (TPSA) is 29.5 Å². The predicted molar refractivity (Wildman–Crippen MR) is 65.0 cm³/mol. The fourth-order valence-electron chi connectivity index (χ4n) is 1.11. The molecule has 1 aromatic carbocycles. The zero-order valence-electron chi connectivity index (χ0n) is 9.16. The van der Waals surface area contributed by atoms with Gasteiger partial charge in [-0.1, -0.05) is 26.3 Å². The van der Waals surface area contributed by atoms with Crippen molar-refractivity contribution >= 4 is 15.9 Å². The third-order valence-electron chi connectivity index (χ3n) is 2.40. The fraction of sp³-hybridized carbons (Fsp3) is 0.500. The van der Waals surface area contributed by atoms with Crippen LogP contribution in [0.1, 0.15) is 25.8 Å². The van der Waals surface area contributed by atoms with E-state index in [1.165, 1.54) is 0 Å². The van der Waals surface area contributed by atoms with Crippen molar-refractivity contribution in [3.8, 4) is 5.75 Å². The smallest absolute Gasteiger partial charge is 0.133 e. The lowest BCUT2D eigenvalue weighted by atomic mass is 10.1. The maximum Gasteiger partial charge on any atom is 0.133 e. The van der Waals surface area contributed by atoms with E-state index in [2.05, 4.69) is 29.8 Å². The molecule has 15 heavy (non-hydrogen) atoms. The van der Waals surface area contributed by atoms with E-state index in [0.29, 0.717) is 5.92 Å². The Morgan fingerprint density at radius 1 is 1.47 bits per heavy atom. The summed E-state index contributed by atoms with van der Waals surface area (Å²) in [5.74, 6) is 1.40. The lowest BCUT2D eigenvalue weighted by Crippen LogP contribution is -2.07.